The van der Waals surface area contributed by atoms with Gasteiger partial charge in [-0.3, -0.25) is 0 Å². The van der Waals surface area contributed by atoms with E-state index in [9.17, 15) is 0 Å². The second-order valence-electron chi connectivity index (χ2n) is 0.995. The second-order valence-corrected chi connectivity index (χ2v) is 2.08. The molecule has 0 aromatic heterocycles. The summed E-state index contributed by atoms with van der Waals surface area (Å²) in [6, 6.07) is 0. The van der Waals surface area contributed by atoms with Crippen molar-refractivity contribution >= 4 is 34.8 Å². The molecule has 0 nitrogen and oxygen atoms in total. The van der Waals surface area contributed by atoms with Crippen molar-refractivity contribution in [2.24, 2.45) is 0 Å². The number of rotatable bonds is 2. The molecular weight excluding hydrogens is 154 g/mol. The zero-order valence-corrected chi connectivity index (χ0v) is 5.89. The van der Waals surface area contributed by atoms with Crippen molar-refractivity contribution in [3.8, 4) is 0 Å². The minimum Gasteiger partial charge on any atom is -0.126 e. The summed E-state index contributed by atoms with van der Waals surface area (Å²) in [6.07, 6.45) is 0.659. The summed E-state index contributed by atoms with van der Waals surface area (Å²) in [7, 11) is 0. The molecule has 0 N–H and O–H groups in total. The second kappa shape index (κ2) is 4.76. The van der Waals surface area contributed by atoms with Crippen molar-refractivity contribution in [3.63, 3.8) is 0 Å². The zero-order chi connectivity index (χ0) is 5.70. The number of alkyl halides is 1. The Morgan fingerprint density at radius 2 is 2.14 bits per heavy atom. The minimum absolute atomic E-state index is 0.530. The van der Waals surface area contributed by atoms with Crippen molar-refractivity contribution in [3.05, 3.63) is 10.6 Å². The third-order valence-corrected chi connectivity index (χ3v) is 1.31. The first-order valence-corrected chi connectivity index (χ1v) is 3.17. The molecule has 7 heavy (non-hydrogen) atoms. The van der Waals surface area contributed by atoms with Crippen LogP contribution in [0.1, 0.15) is 6.42 Å². The van der Waals surface area contributed by atoms with Crippen LogP contribution in [0.15, 0.2) is 10.6 Å². The lowest BCUT2D eigenvalue weighted by Crippen LogP contribution is -1.70. The van der Waals surface area contributed by atoms with Gasteiger partial charge >= 0.3 is 0 Å². The summed E-state index contributed by atoms with van der Waals surface area (Å²) >= 11 is 15.9. The normalized spacial score (nSPS) is 12.1. The fourth-order valence-electron chi connectivity index (χ4n) is 0.145. The van der Waals surface area contributed by atoms with Crippen LogP contribution in [0.2, 0.25) is 0 Å². The summed E-state index contributed by atoms with van der Waals surface area (Å²) in [5.41, 5.74) is 1.32. The van der Waals surface area contributed by atoms with E-state index in [4.69, 9.17) is 34.8 Å². The Bertz CT molecular complexity index is 67.3. The minimum atomic E-state index is 0.530. The van der Waals surface area contributed by atoms with Crippen LogP contribution in [0.4, 0.5) is 0 Å². The Morgan fingerprint density at radius 3 is 2.29 bits per heavy atom. The first kappa shape index (κ1) is 7.61. The van der Waals surface area contributed by atoms with E-state index in [2.05, 4.69) is 0 Å². The molecule has 0 fully saturated rings. The monoisotopic (exact) mass is 158 g/mol. The van der Waals surface area contributed by atoms with Crippen LogP contribution in [0.5, 0.6) is 0 Å². The highest BCUT2D eigenvalue weighted by Crippen LogP contribution is 2.08. The Labute approximate surface area is 58.1 Å². The van der Waals surface area contributed by atoms with E-state index in [1.807, 2.05) is 0 Å². The Balaban J connectivity index is 3.17. The standard InChI is InChI=1S/C4H5Cl3/c5-2-1-4(7)3-6/h3H,1-2H2/b4-3+. The molecule has 0 aliphatic rings. The third kappa shape index (κ3) is 4.46. The Morgan fingerprint density at radius 1 is 1.57 bits per heavy atom. The molecule has 0 amide bonds. The van der Waals surface area contributed by atoms with E-state index >= 15 is 0 Å². The van der Waals surface area contributed by atoms with Crippen molar-refractivity contribution in [1.29, 1.82) is 0 Å². The Kier molecular flexibility index (Phi) is 5.18. The molecule has 0 aromatic rings. The summed E-state index contributed by atoms with van der Waals surface area (Å²) in [6.45, 7) is 0. The van der Waals surface area contributed by atoms with Crippen molar-refractivity contribution in [1.82, 2.24) is 0 Å². The van der Waals surface area contributed by atoms with E-state index in [1.54, 1.807) is 0 Å². The molecule has 0 saturated heterocycles. The first-order valence-electron chi connectivity index (χ1n) is 1.82. The molecule has 42 valence electrons. The zero-order valence-electron chi connectivity index (χ0n) is 3.63. The highest BCUT2D eigenvalue weighted by atomic mass is 35.5. The summed E-state index contributed by atoms with van der Waals surface area (Å²) in [4.78, 5) is 0. The van der Waals surface area contributed by atoms with Crippen LogP contribution in [-0.4, -0.2) is 5.88 Å². The van der Waals surface area contributed by atoms with Gasteiger partial charge in [-0.05, 0) is 6.42 Å². The first-order chi connectivity index (χ1) is 3.31. The van der Waals surface area contributed by atoms with Gasteiger partial charge in [-0.25, -0.2) is 0 Å². The molecule has 0 unspecified atom stereocenters. The maximum atomic E-state index is 5.41. The number of allylic oxidation sites excluding steroid dienone is 1. The van der Waals surface area contributed by atoms with Gasteiger partial charge in [0.25, 0.3) is 0 Å². The van der Waals surface area contributed by atoms with Crippen LogP contribution in [0.25, 0.3) is 0 Å². The van der Waals surface area contributed by atoms with Gasteiger partial charge in [-0.1, -0.05) is 23.2 Å². The molecule has 0 aromatic carbocycles. The van der Waals surface area contributed by atoms with E-state index in [0.29, 0.717) is 17.3 Å². The predicted molar refractivity (Wildman–Crippen MR) is 35.1 cm³/mol. The summed E-state index contributed by atoms with van der Waals surface area (Å²) < 4.78 is 0. The smallest absolute Gasteiger partial charge is 0.0305 e. The maximum absolute atomic E-state index is 5.41. The molecule has 0 bridgehead atoms. The van der Waals surface area contributed by atoms with Gasteiger partial charge < -0.3 is 0 Å². The molecule has 0 aliphatic heterocycles. The van der Waals surface area contributed by atoms with E-state index in [1.165, 1.54) is 5.54 Å². The molecular formula is C4H5Cl3. The average Bonchev–Trinajstić information content (AvgIpc) is 1.68. The van der Waals surface area contributed by atoms with Crippen LogP contribution in [0, 0.1) is 0 Å². The molecule has 0 atom stereocenters. The van der Waals surface area contributed by atoms with Crippen LogP contribution in [-0.2, 0) is 0 Å². The van der Waals surface area contributed by atoms with Gasteiger partial charge in [0.1, 0.15) is 0 Å². The van der Waals surface area contributed by atoms with Gasteiger partial charge in [0, 0.05) is 16.4 Å². The summed E-state index contributed by atoms with van der Waals surface area (Å²) in [5, 5.41) is 0.608. The quantitative estimate of drug-likeness (QED) is 0.544. The highest BCUT2D eigenvalue weighted by Gasteiger charge is 1.85. The van der Waals surface area contributed by atoms with Gasteiger partial charge in [0.2, 0.25) is 0 Å². The highest BCUT2D eigenvalue weighted by molar-refractivity contribution is 6.36. The maximum Gasteiger partial charge on any atom is 0.0305 e. The lowest BCUT2D eigenvalue weighted by molar-refractivity contribution is 1.21. The third-order valence-electron chi connectivity index (χ3n) is 0.452. The topological polar surface area (TPSA) is 0 Å². The SMILES string of the molecule is Cl/C=C(/Cl)CCCl. The number of halogens is 3. The van der Waals surface area contributed by atoms with Crippen LogP contribution >= 0.6 is 34.8 Å². The van der Waals surface area contributed by atoms with Gasteiger partial charge in [0.15, 0.2) is 0 Å². The van der Waals surface area contributed by atoms with E-state index < -0.39 is 0 Å². The molecule has 0 saturated carbocycles. The van der Waals surface area contributed by atoms with Gasteiger partial charge in [-0.15, -0.1) is 11.6 Å². The fraction of sp³-hybridized carbons (Fsp3) is 0.500. The molecule has 0 radical (unpaired) electrons. The lowest BCUT2D eigenvalue weighted by Gasteiger charge is -1.85. The molecule has 0 aliphatic carbocycles. The Hall–Kier alpha value is 0.610. The number of hydrogen-bond donors (Lipinski definition) is 0. The van der Waals surface area contributed by atoms with Crippen LogP contribution in [0.3, 0.4) is 0 Å². The molecule has 0 spiro atoms. The van der Waals surface area contributed by atoms with E-state index in [0.717, 1.165) is 0 Å². The van der Waals surface area contributed by atoms with Gasteiger partial charge in [0.05, 0.1) is 0 Å². The molecule has 0 heterocycles. The van der Waals surface area contributed by atoms with E-state index in [-0.39, 0.29) is 0 Å². The molecule has 3 heteroatoms. The lowest BCUT2D eigenvalue weighted by atomic mass is 10.5. The van der Waals surface area contributed by atoms with Gasteiger partial charge in [-0.2, -0.15) is 0 Å². The molecule has 0 rings (SSSR count). The van der Waals surface area contributed by atoms with Crippen LogP contribution < -0.4 is 0 Å². The van der Waals surface area contributed by atoms with Crippen molar-refractivity contribution < 1.29 is 0 Å². The predicted octanol–water partition coefficient (Wildman–Crippen LogP) is 2.93. The fourth-order valence-corrected chi connectivity index (χ4v) is 0.649. The van der Waals surface area contributed by atoms with Crippen molar-refractivity contribution in [2.45, 2.75) is 6.42 Å². The summed E-state index contributed by atoms with van der Waals surface area (Å²) in [5.74, 6) is 0.530. The largest absolute Gasteiger partial charge is 0.126 e. The number of hydrogen-bond acceptors (Lipinski definition) is 0. The average molecular weight is 159 g/mol. The van der Waals surface area contributed by atoms with Crippen molar-refractivity contribution in [2.75, 3.05) is 5.88 Å².